The van der Waals surface area contributed by atoms with Gasteiger partial charge in [0.15, 0.2) is 5.65 Å². The summed E-state index contributed by atoms with van der Waals surface area (Å²) in [5.41, 5.74) is 3.09. The number of aromatic nitrogens is 3. The number of ether oxygens (including phenoxy) is 1. The highest BCUT2D eigenvalue weighted by atomic mass is 16.5. The maximum Gasteiger partial charge on any atom is 0.252 e. The van der Waals surface area contributed by atoms with Crippen molar-refractivity contribution in [2.24, 2.45) is 7.05 Å². The molecule has 0 fully saturated rings. The first-order valence-electron chi connectivity index (χ1n) is 8.45. The molecule has 0 bridgehead atoms. The molecule has 0 radical (unpaired) electrons. The van der Waals surface area contributed by atoms with Gasteiger partial charge in [0.2, 0.25) is 0 Å². The Kier molecular flexibility index (Phi) is 5.28. The minimum Gasteiger partial charge on any atom is -0.493 e. The molecule has 0 aliphatic carbocycles. The van der Waals surface area contributed by atoms with Crippen molar-refractivity contribution >= 4 is 17.1 Å². The smallest absolute Gasteiger partial charge is 0.252 e. The topological polar surface area (TPSA) is 69.0 Å². The molecule has 0 atom stereocenters. The van der Waals surface area contributed by atoms with Crippen LogP contribution < -0.4 is 10.1 Å². The van der Waals surface area contributed by atoms with E-state index >= 15 is 0 Å². The molecule has 3 rings (SSSR count). The van der Waals surface area contributed by atoms with Crippen molar-refractivity contribution < 1.29 is 9.53 Å². The molecule has 6 heteroatoms. The second-order valence-corrected chi connectivity index (χ2v) is 5.88. The number of hydrogen-bond donors (Lipinski definition) is 1. The molecule has 0 aliphatic rings. The Bertz CT molecular complexity index is 873. The quantitative estimate of drug-likeness (QED) is 0.719. The Morgan fingerprint density at radius 1 is 1.28 bits per heavy atom. The van der Waals surface area contributed by atoms with E-state index in [9.17, 15) is 4.79 Å². The zero-order chi connectivity index (χ0) is 17.6. The van der Waals surface area contributed by atoms with Gasteiger partial charge in [-0.1, -0.05) is 25.1 Å². The average Bonchev–Trinajstić information content (AvgIpc) is 3.01. The predicted octanol–water partition coefficient (Wildman–Crippen LogP) is 2.73. The van der Waals surface area contributed by atoms with Crippen LogP contribution >= 0.6 is 0 Å². The lowest BCUT2D eigenvalue weighted by Crippen LogP contribution is -2.26. The van der Waals surface area contributed by atoms with Crippen LogP contribution in [0.5, 0.6) is 5.75 Å². The summed E-state index contributed by atoms with van der Waals surface area (Å²) < 4.78 is 7.57. The summed E-state index contributed by atoms with van der Waals surface area (Å²) in [4.78, 5) is 20.9. The van der Waals surface area contributed by atoms with Gasteiger partial charge in [-0.2, -0.15) is 0 Å². The lowest BCUT2D eigenvalue weighted by atomic mass is 10.1. The van der Waals surface area contributed by atoms with Crippen LogP contribution in [0.15, 0.2) is 42.9 Å². The van der Waals surface area contributed by atoms with Crippen molar-refractivity contribution in [2.45, 2.75) is 19.8 Å². The van der Waals surface area contributed by atoms with Crippen LogP contribution in [-0.4, -0.2) is 33.6 Å². The molecule has 2 heterocycles. The van der Waals surface area contributed by atoms with Crippen LogP contribution in [0, 0.1) is 0 Å². The third-order valence-electron chi connectivity index (χ3n) is 3.93. The Morgan fingerprint density at radius 3 is 2.96 bits per heavy atom. The lowest BCUT2D eigenvalue weighted by molar-refractivity contribution is 0.0954. The van der Waals surface area contributed by atoms with E-state index < -0.39 is 0 Å². The molecule has 1 N–H and O–H groups in total. The summed E-state index contributed by atoms with van der Waals surface area (Å²) >= 11 is 0. The van der Waals surface area contributed by atoms with Crippen molar-refractivity contribution in [3.63, 3.8) is 0 Å². The fourth-order valence-electron chi connectivity index (χ4n) is 2.62. The number of carbonyl (C=O) groups is 1. The number of imidazole rings is 1. The van der Waals surface area contributed by atoms with E-state index in [-0.39, 0.29) is 5.91 Å². The standard InChI is InChI=1S/C19H22N4O2/c1-3-10-25-17-7-5-4-6-14(17)8-9-20-19(24)15-11-16-18(21-12-15)23(2)13-22-16/h4-7,11-13H,3,8-10H2,1-2H3,(H,20,24). The number of rotatable bonds is 7. The highest BCUT2D eigenvalue weighted by molar-refractivity contribution is 5.96. The third kappa shape index (κ3) is 3.96. The number of para-hydroxylation sites is 1. The molecule has 0 spiro atoms. The number of aryl methyl sites for hydroxylation is 1. The lowest BCUT2D eigenvalue weighted by Gasteiger charge is -2.11. The molecular weight excluding hydrogens is 316 g/mol. The summed E-state index contributed by atoms with van der Waals surface area (Å²) in [6.07, 6.45) is 4.95. The average molecular weight is 338 g/mol. The van der Waals surface area contributed by atoms with E-state index in [4.69, 9.17) is 4.74 Å². The molecule has 1 aromatic carbocycles. The van der Waals surface area contributed by atoms with Gasteiger partial charge in [-0.3, -0.25) is 4.79 Å². The van der Waals surface area contributed by atoms with Gasteiger partial charge in [-0.05, 0) is 30.5 Å². The van der Waals surface area contributed by atoms with Crippen molar-refractivity contribution in [1.29, 1.82) is 0 Å². The van der Waals surface area contributed by atoms with Crippen LogP contribution in [0.4, 0.5) is 0 Å². The molecular formula is C19H22N4O2. The number of fused-ring (bicyclic) bond motifs is 1. The molecule has 25 heavy (non-hydrogen) atoms. The summed E-state index contributed by atoms with van der Waals surface area (Å²) in [5.74, 6) is 0.738. The van der Waals surface area contributed by atoms with Gasteiger partial charge < -0.3 is 14.6 Å². The van der Waals surface area contributed by atoms with Gasteiger partial charge in [0, 0.05) is 19.8 Å². The highest BCUT2D eigenvalue weighted by Crippen LogP contribution is 2.18. The number of benzene rings is 1. The number of hydrogen-bond acceptors (Lipinski definition) is 4. The number of nitrogens with zero attached hydrogens (tertiary/aromatic N) is 3. The molecule has 3 aromatic rings. The van der Waals surface area contributed by atoms with Gasteiger partial charge >= 0.3 is 0 Å². The van der Waals surface area contributed by atoms with Crippen LogP contribution in [0.2, 0.25) is 0 Å². The van der Waals surface area contributed by atoms with Crippen LogP contribution in [-0.2, 0) is 13.5 Å². The first-order chi connectivity index (χ1) is 12.2. The van der Waals surface area contributed by atoms with Gasteiger partial charge in [-0.15, -0.1) is 0 Å². The van der Waals surface area contributed by atoms with E-state index in [1.165, 1.54) is 0 Å². The first kappa shape index (κ1) is 17.0. The predicted molar refractivity (Wildman–Crippen MR) is 96.8 cm³/mol. The SMILES string of the molecule is CCCOc1ccccc1CCNC(=O)c1cnc2c(c1)ncn2C. The maximum atomic E-state index is 12.3. The van der Waals surface area contributed by atoms with Crippen LogP contribution in [0.1, 0.15) is 29.3 Å². The zero-order valence-corrected chi connectivity index (χ0v) is 14.5. The van der Waals surface area contributed by atoms with E-state index in [2.05, 4.69) is 22.2 Å². The maximum absolute atomic E-state index is 12.3. The van der Waals surface area contributed by atoms with E-state index in [1.54, 1.807) is 18.6 Å². The number of amides is 1. The molecule has 6 nitrogen and oxygen atoms in total. The second kappa shape index (κ2) is 7.79. The second-order valence-electron chi connectivity index (χ2n) is 5.88. The molecule has 1 amide bonds. The van der Waals surface area contributed by atoms with Gasteiger partial charge in [-0.25, -0.2) is 9.97 Å². The number of pyridine rings is 1. The number of carbonyl (C=O) groups excluding carboxylic acids is 1. The molecule has 2 aromatic heterocycles. The molecule has 0 aliphatic heterocycles. The molecule has 0 saturated carbocycles. The highest BCUT2D eigenvalue weighted by Gasteiger charge is 2.10. The Labute approximate surface area is 146 Å². The van der Waals surface area contributed by atoms with Crippen LogP contribution in [0.3, 0.4) is 0 Å². The Morgan fingerprint density at radius 2 is 2.12 bits per heavy atom. The van der Waals surface area contributed by atoms with Crippen LogP contribution in [0.25, 0.3) is 11.2 Å². The van der Waals surface area contributed by atoms with Crippen molar-refractivity contribution in [3.8, 4) is 5.75 Å². The fraction of sp³-hybridized carbons (Fsp3) is 0.316. The van der Waals surface area contributed by atoms with Crippen molar-refractivity contribution in [2.75, 3.05) is 13.2 Å². The fourth-order valence-corrected chi connectivity index (χ4v) is 2.62. The zero-order valence-electron chi connectivity index (χ0n) is 14.5. The van der Waals surface area contributed by atoms with Gasteiger partial charge in [0.1, 0.15) is 11.3 Å². The third-order valence-corrected chi connectivity index (χ3v) is 3.93. The van der Waals surface area contributed by atoms with Gasteiger partial charge in [0.25, 0.3) is 5.91 Å². The molecule has 0 unspecified atom stereocenters. The largest absolute Gasteiger partial charge is 0.493 e. The first-order valence-corrected chi connectivity index (χ1v) is 8.45. The minimum absolute atomic E-state index is 0.146. The van der Waals surface area contributed by atoms with E-state index in [0.717, 1.165) is 23.4 Å². The Balaban J connectivity index is 1.60. The van der Waals surface area contributed by atoms with E-state index in [1.807, 2.05) is 35.9 Å². The Hall–Kier alpha value is -2.89. The van der Waals surface area contributed by atoms with E-state index in [0.29, 0.717) is 30.7 Å². The summed E-state index contributed by atoms with van der Waals surface area (Å²) in [6.45, 7) is 3.31. The van der Waals surface area contributed by atoms with Crippen molar-refractivity contribution in [3.05, 3.63) is 54.0 Å². The molecule has 130 valence electrons. The summed E-state index contributed by atoms with van der Waals surface area (Å²) in [7, 11) is 1.88. The summed E-state index contributed by atoms with van der Waals surface area (Å²) in [6, 6.07) is 9.69. The van der Waals surface area contributed by atoms with Crippen molar-refractivity contribution in [1.82, 2.24) is 19.9 Å². The molecule has 0 saturated heterocycles. The minimum atomic E-state index is -0.146. The normalized spacial score (nSPS) is 10.8. The summed E-state index contributed by atoms with van der Waals surface area (Å²) in [5, 5.41) is 2.93. The monoisotopic (exact) mass is 338 g/mol. The number of nitrogens with one attached hydrogen (secondary N) is 1. The van der Waals surface area contributed by atoms with Gasteiger partial charge in [0.05, 0.1) is 18.5 Å².